The van der Waals surface area contributed by atoms with E-state index in [1.807, 2.05) is 12.5 Å². The van der Waals surface area contributed by atoms with E-state index in [0.29, 0.717) is 5.92 Å². The first-order chi connectivity index (χ1) is 11.2. The van der Waals surface area contributed by atoms with E-state index in [9.17, 15) is 4.79 Å². The molecule has 1 N–H and O–H groups in total. The van der Waals surface area contributed by atoms with Gasteiger partial charge in [0.25, 0.3) is 0 Å². The van der Waals surface area contributed by atoms with E-state index in [-0.39, 0.29) is 17.9 Å². The molecule has 2 aromatic rings. The first-order valence-corrected chi connectivity index (χ1v) is 8.60. The van der Waals surface area contributed by atoms with E-state index < -0.39 is 0 Å². The van der Waals surface area contributed by atoms with Crippen LogP contribution >= 0.6 is 0 Å². The third-order valence-electron chi connectivity index (χ3n) is 5.45. The number of imidazole rings is 1. The Morgan fingerprint density at radius 1 is 1.22 bits per heavy atom. The summed E-state index contributed by atoms with van der Waals surface area (Å²) in [7, 11) is 0. The van der Waals surface area contributed by atoms with Crippen molar-refractivity contribution in [2.24, 2.45) is 5.92 Å². The molecule has 0 saturated carbocycles. The minimum Gasteiger partial charge on any atom is -0.349 e. The zero-order valence-electron chi connectivity index (χ0n) is 13.5. The molecular weight excluding hydrogens is 286 g/mol. The fourth-order valence-corrected chi connectivity index (χ4v) is 4.04. The smallest absolute Gasteiger partial charge is 0.224 e. The van der Waals surface area contributed by atoms with Gasteiger partial charge in [0.15, 0.2) is 0 Å². The Kier molecular flexibility index (Phi) is 3.68. The number of aryl methyl sites for hydroxylation is 1. The van der Waals surface area contributed by atoms with Crippen molar-refractivity contribution in [1.82, 2.24) is 14.9 Å². The van der Waals surface area contributed by atoms with Gasteiger partial charge in [-0.3, -0.25) is 4.79 Å². The molecule has 0 saturated heterocycles. The highest BCUT2D eigenvalue weighted by molar-refractivity contribution is 5.79. The molecule has 120 valence electrons. The van der Waals surface area contributed by atoms with E-state index in [4.69, 9.17) is 0 Å². The topological polar surface area (TPSA) is 46.9 Å². The molecule has 23 heavy (non-hydrogen) atoms. The van der Waals surface area contributed by atoms with Crippen molar-refractivity contribution in [3.8, 4) is 0 Å². The number of carbonyl (C=O) groups excluding carboxylic acids is 1. The predicted molar refractivity (Wildman–Crippen MR) is 89.0 cm³/mol. The lowest BCUT2D eigenvalue weighted by Gasteiger charge is -2.32. The van der Waals surface area contributed by atoms with Crippen molar-refractivity contribution >= 4 is 5.91 Å². The first kappa shape index (κ1) is 14.5. The fourth-order valence-electron chi connectivity index (χ4n) is 4.04. The molecule has 0 unspecified atom stereocenters. The Bertz CT molecular complexity index is 721. The van der Waals surface area contributed by atoms with Gasteiger partial charge in [-0.2, -0.15) is 0 Å². The molecule has 1 aromatic carbocycles. The van der Waals surface area contributed by atoms with Gasteiger partial charge in [0, 0.05) is 30.8 Å². The third-order valence-corrected chi connectivity index (χ3v) is 5.45. The molecule has 1 aromatic heterocycles. The second-order valence-corrected chi connectivity index (χ2v) is 6.94. The summed E-state index contributed by atoms with van der Waals surface area (Å²) in [6, 6.07) is 8.72. The molecule has 2 heterocycles. The summed E-state index contributed by atoms with van der Waals surface area (Å²) in [6.07, 6.45) is 7.63. The van der Waals surface area contributed by atoms with E-state index >= 15 is 0 Å². The number of rotatable bonds is 2. The highest BCUT2D eigenvalue weighted by Gasteiger charge is 2.29. The molecule has 0 fully saturated rings. The Morgan fingerprint density at radius 2 is 2.04 bits per heavy atom. The van der Waals surface area contributed by atoms with Crippen LogP contribution in [0.5, 0.6) is 0 Å². The minimum absolute atomic E-state index is 0.0747. The fraction of sp³-hybridized carbons (Fsp3) is 0.474. The average Bonchev–Trinajstić information content (AvgIpc) is 3.05. The first-order valence-electron chi connectivity index (χ1n) is 8.60. The minimum atomic E-state index is 0.0747. The van der Waals surface area contributed by atoms with Gasteiger partial charge in [0.1, 0.15) is 0 Å². The zero-order chi connectivity index (χ0) is 15.8. The number of aromatic nitrogens is 2. The van der Waals surface area contributed by atoms with Crippen LogP contribution in [0.2, 0.25) is 0 Å². The number of hydrogen-bond acceptors (Lipinski definition) is 2. The number of hydrogen-bond donors (Lipinski definition) is 1. The number of nitrogens with zero attached hydrogens (tertiary/aromatic N) is 2. The molecule has 2 aliphatic rings. The maximum atomic E-state index is 12.7. The lowest BCUT2D eigenvalue weighted by atomic mass is 9.81. The Balaban J connectivity index is 1.49. The van der Waals surface area contributed by atoms with Crippen molar-refractivity contribution in [2.45, 2.75) is 51.1 Å². The zero-order valence-corrected chi connectivity index (χ0v) is 13.5. The van der Waals surface area contributed by atoms with Gasteiger partial charge in [-0.15, -0.1) is 0 Å². The van der Waals surface area contributed by atoms with Gasteiger partial charge in [-0.05, 0) is 36.3 Å². The van der Waals surface area contributed by atoms with Gasteiger partial charge >= 0.3 is 0 Å². The number of benzene rings is 1. The van der Waals surface area contributed by atoms with Crippen molar-refractivity contribution in [1.29, 1.82) is 0 Å². The van der Waals surface area contributed by atoms with Crippen molar-refractivity contribution in [2.75, 3.05) is 0 Å². The second kappa shape index (κ2) is 5.84. The molecule has 4 nitrogen and oxygen atoms in total. The molecule has 1 aliphatic heterocycles. The molecule has 4 rings (SSSR count). The van der Waals surface area contributed by atoms with Crippen molar-refractivity contribution in [3.63, 3.8) is 0 Å². The molecule has 1 aliphatic carbocycles. The molecule has 4 heteroatoms. The molecule has 0 spiro atoms. The Morgan fingerprint density at radius 3 is 2.91 bits per heavy atom. The maximum absolute atomic E-state index is 12.7. The Hall–Kier alpha value is -2.10. The number of carbonyl (C=O) groups is 1. The van der Waals surface area contributed by atoms with Gasteiger partial charge in [-0.1, -0.05) is 31.2 Å². The monoisotopic (exact) mass is 309 g/mol. The summed E-state index contributed by atoms with van der Waals surface area (Å²) in [5, 5.41) is 3.32. The number of amides is 1. The summed E-state index contributed by atoms with van der Waals surface area (Å²) in [6.45, 7) is 3.17. The van der Waals surface area contributed by atoms with E-state index in [1.165, 1.54) is 16.8 Å². The SMILES string of the molecule is C[C@@H]1CC[C@@H](NC(=O)[C@@H]2CCn3cncc3C2)c2ccccc21. The van der Waals surface area contributed by atoms with Crippen LogP contribution in [0.1, 0.15) is 55.0 Å². The van der Waals surface area contributed by atoms with Gasteiger partial charge in [0.05, 0.1) is 12.4 Å². The van der Waals surface area contributed by atoms with Gasteiger partial charge in [0.2, 0.25) is 5.91 Å². The van der Waals surface area contributed by atoms with Crippen LogP contribution in [0.15, 0.2) is 36.8 Å². The summed E-state index contributed by atoms with van der Waals surface area (Å²) in [4.78, 5) is 16.9. The van der Waals surface area contributed by atoms with Crippen LogP contribution in [-0.2, 0) is 17.8 Å². The lowest BCUT2D eigenvalue weighted by molar-refractivity contribution is -0.126. The molecule has 0 radical (unpaired) electrons. The summed E-state index contributed by atoms with van der Waals surface area (Å²) in [5.74, 6) is 0.862. The standard InChI is InChI=1S/C19H23N3O/c1-13-6-7-18(17-5-3-2-4-16(13)17)21-19(23)14-8-9-22-12-20-11-15(22)10-14/h2-5,11-14,18H,6-10H2,1H3,(H,21,23)/t13-,14-,18-/m1/s1. The predicted octanol–water partition coefficient (Wildman–Crippen LogP) is 3.20. The van der Waals surface area contributed by atoms with Crippen LogP contribution in [-0.4, -0.2) is 15.5 Å². The quantitative estimate of drug-likeness (QED) is 0.926. The number of fused-ring (bicyclic) bond motifs is 2. The normalized spacial score (nSPS) is 26.2. The second-order valence-electron chi connectivity index (χ2n) is 6.94. The highest BCUT2D eigenvalue weighted by atomic mass is 16.1. The summed E-state index contributed by atoms with van der Waals surface area (Å²) in [5.41, 5.74) is 3.88. The molecule has 0 bridgehead atoms. The maximum Gasteiger partial charge on any atom is 0.224 e. The van der Waals surface area contributed by atoms with E-state index in [2.05, 4.69) is 46.1 Å². The number of nitrogens with one attached hydrogen (secondary N) is 1. The van der Waals surface area contributed by atoms with Crippen molar-refractivity contribution in [3.05, 3.63) is 53.6 Å². The van der Waals surface area contributed by atoms with Crippen molar-refractivity contribution < 1.29 is 4.79 Å². The molecular formula is C19H23N3O. The largest absolute Gasteiger partial charge is 0.349 e. The van der Waals surface area contributed by atoms with Crippen LogP contribution in [0.4, 0.5) is 0 Å². The van der Waals surface area contributed by atoms with Gasteiger partial charge in [-0.25, -0.2) is 4.98 Å². The highest BCUT2D eigenvalue weighted by Crippen LogP contribution is 2.37. The van der Waals surface area contributed by atoms with Crippen LogP contribution in [0.25, 0.3) is 0 Å². The summed E-state index contributed by atoms with van der Waals surface area (Å²) < 4.78 is 2.15. The molecule has 3 atom stereocenters. The Labute approximate surface area is 136 Å². The van der Waals surface area contributed by atoms with E-state index in [1.54, 1.807) is 0 Å². The lowest BCUT2D eigenvalue weighted by Crippen LogP contribution is -2.38. The summed E-state index contributed by atoms with van der Waals surface area (Å²) >= 11 is 0. The average molecular weight is 309 g/mol. The van der Waals surface area contributed by atoms with Gasteiger partial charge < -0.3 is 9.88 Å². The molecule has 1 amide bonds. The van der Waals surface area contributed by atoms with Crippen LogP contribution in [0.3, 0.4) is 0 Å². The van der Waals surface area contributed by atoms with Crippen LogP contribution < -0.4 is 5.32 Å². The van der Waals surface area contributed by atoms with Crippen LogP contribution in [0, 0.1) is 5.92 Å². The third kappa shape index (κ3) is 2.67. The van der Waals surface area contributed by atoms with E-state index in [0.717, 1.165) is 32.2 Å².